The van der Waals surface area contributed by atoms with Crippen molar-refractivity contribution in [1.82, 2.24) is 5.32 Å². The molecule has 8 heteroatoms. The largest absolute Gasteiger partial charge is 0.370 e. The van der Waals surface area contributed by atoms with Gasteiger partial charge in [0.15, 0.2) is 0 Å². The monoisotopic (exact) mass is 456 g/mol. The molecule has 0 bridgehead atoms. The number of nitrogens with one attached hydrogen (secondary N) is 2. The molecule has 0 unspecified atom stereocenters. The van der Waals surface area contributed by atoms with E-state index < -0.39 is 11.8 Å². The second-order valence-corrected chi connectivity index (χ2v) is 8.50. The fourth-order valence-electron chi connectivity index (χ4n) is 3.40. The van der Waals surface area contributed by atoms with Gasteiger partial charge >= 0.3 is 0 Å². The number of rotatable bonds is 10. The molecule has 170 valence electrons. The first-order chi connectivity index (χ1) is 15.1. The minimum Gasteiger partial charge on any atom is -0.370 e. The normalized spacial score (nSPS) is 11.7. The number of likely N-dealkylation sites (N-methyl/N-ethyl adjacent to an activating group) is 1. The number of primary amides is 1. The van der Waals surface area contributed by atoms with Crippen LogP contribution in [-0.2, 0) is 14.4 Å². The van der Waals surface area contributed by atoms with Crippen LogP contribution in [0.15, 0.2) is 48.5 Å². The molecule has 4 N–H and O–H groups in total. The Labute approximate surface area is 193 Å². The molecule has 1 atom stereocenters. The second kappa shape index (κ2) is 11.4. The summed E-state index contributed by atoms with van der Waals surface area (Å²) in [6, 6.07) is 14.0. The molecule has 2 rings (SSSR count). The third kappa shape index (κ3) is 6.92. The highest BCUT2D eigenvalue weighted by atomic mass is 35.5. The lowest BCUT2D eigenvalue weighted by molar-refractivity contribution is -0.131. The zero-order valence-electron chi connectivity index (χ0n) is 18.5. The van der Waals surface area contributed by atoms with Crippen molar-refractivity contribution in [3.8, 4) is 0 Å². The van der Waals surface area contributed by atoms with Gasteiger partial charge in [0.25, 0.3) is 0 Å². The van der Waals surface area contributed by atoms with Crippen molar-refractivity contribution in [3.63, 3.8) is 0 Å². The number of para-hydroxylation sites is 1. The first-order valence-corrected chi connectivity index (χ1v) is 10.7. The lowest BCUT2D eigenvalue weighted by atomic mass is 9.93. The van der Waals surface area contributed by atoms with E-state index >= 15 is 0 Å². The third-order valence-electron chi connectivity index (χ3n) is 5.03. The van der Waals surface area contributed by atoms with Crippen LogP contribution in [0.1, 0.15) is 37.8 Å². The molecule has 0 fully saturated rings. The molecule has 2 aromatic carbocycles. The van der Waals surface area contributed by atoms with Gasteiger partial charge in [0, 0.05) is 35.5 Å². The predicted molar refractivity (Wildman–Crippen MR) is 127 cm³/mol. The molecule has 0 aromatic heterocycles. The summed E-state index contributed by atoms with van der Waals surface area (Å²) in [6.45, 7) is 3.67. The van der Waals surface area contributed by atoms with Gasteiger partial charge in [0.2, 0.25) is 17.7 Å². The van der Waals surface area contributed by atoms with E-state index in [0.29, 0.717) is 28.3 Å². The number of amides is 3. The highest BCUT2D eigenvalue weighted by molar-refractivity contribution is 6.30. The van der Waals surface area contributed by atoms with E-state index in [2.05, 4.69) is 5.32 Å². The summed E-state index contributed by atoms with van der Waals surface area (Å²) >= 11 is 5.94. The van der Waals surface area contributed by atoms with Crippen LogP contribution < -0.4 is 16.0 Å². The molecule has 2 aromatic rings. The molecule has 0 aliphatic heterocycles. The molecule has 0 radical (unpaired) electrons. The maximum Gasteiger partial charge on any atom is 0.246 e. The quantitative estimate of drug-likeness (QED) is 0.476. The fourth-order valence-corrected chi connectivity index (χ4v) is 3.53. The zero-order valence-corrected chi connectivity index (χ0v) is 19.3. The van der Waals surface area contributed by atoms with E-state index in [1.807, 2.05) is 13.8 Å². The van der Waals surface area contributed by atoms with Gasteiger partial charge < -0.3 is 16.0 Å². The number of nitrogens with two attached hydrogens (primary N) is 1. The average molecular weight is 457 g/mol. The number of carbonyl (C=O) groups is 3. The van der Waals surface area contributed by atoms with Crippen LogP contribution in [0.2, 0.25) is 5.02 Å². The molecule has 0 aliphatic rings. The van der Waals surface area contributed by atoms with E-state index in [4.69, 9.17) is 22.7 Å². The van der Waals surface area contributed by atoms with Gasteiger partial charge in [-0.2, -0.15) is 0 Å². The van der Waals surface area contributed by atoms with Gasteiger partial charge in [-0.25, -0.2) is 0 Å². The first kappa shape index (κ1) is 25.1. The van der Waals surface area contributed by atoms with Gasteiger partial charge in [-0.05, 0) is 30.5 Å². The summed E-state index contributed by atoms with van der Waals surface area (Å²) in [7, 11) is 1.59. The summed E-state index contributed by atoms with van der Waals surface area (Å²) in [4.78, 5) is 38.0. The Morgan fingerprint density at radius 2 is 1.72 bits per heavy atom. The Kier molecular flexibility index (Phi) is 8.96. The number of hydrogen-bond acceptors (Lipinski definition) is 4. The number of hydrogen-bond donors (Lipinski definition) is 3. The standard InChI is InChI=1S/C24H29ClN4O3/c1-15(2)12-17(13-21(26)30)24(32)28-14-22(31)29(3)20-7-5-4-6-19(20)23(27)16-8-10-18(25)11-9-16/h4-11,15,17,27H,12-14H2,1-3H3,(H2,26,30)(H,28,32)/t17-/m1/s1. The Balaban J connectivity index is 2.12. The molecule has 0 spiro atoms. The lowest BCUT2D eigenvalue weighted by Crippen LogP contribution is -2.42. The van der Waals surface area contributed by atoms with Gasteiger partial charge in [0.1, 0.15) is 0 Å². The van der Waals surface area contributed by atoms with E-state index in [0.717, 1.165) is 0 Å². The topological polar surface area (TPSA) is 116 Å². The maximum atomic E-state index is 12.8. The van der Waals surface area contributed by atoms with Crippen molar-refractivity contribution < 1.29 is 14.4 Å². The highest BCUT2D eigenvalue weighted by Crippen LogP contribution is 2.23. The van der Waals surface area contributed by atoms with E-state index in [-0.39, 0.29) is 36.4 Å². The predicted octanol–water partition coefficient (Wildman–Crippen LogP) is 3.37. The molecular formula is C24H29ClN4O3. The molecule has 3 amide bonds. The molecule has 0 saturated heterocycles. The van der Waals surface area contributed by atoms with Crippen LogP contribution in [0.4, 0.5) is 5.69 Å². The molecule has 7 nitrogen and oxygen atoms in total. The lowest BCUT2D eigenvalue weighted by Gasteiger charge is -2.22. The summed E-state index contributed by atoms with van der Waals surface area (Å²) in [5, 5.41) is 11.8. The molecule has 0 aliphatic carbocycles. The minimum absolute atomic E-state index is 0.0604. The SMILES string of the molecule is CC(C)C[C@H](CC(N)=O)C(=O)NCC(=O)N(C)c1ccccc1C(=N)c1ccc(Cl)cc1. The summed E-state index contributed by atoms with van der Waals surface area (Å²) in [6.07, 6.45) is 0.440. The van der Waals surface area contributed by atoms with Crippen LogP contribution in [0.25, 0.3) is 0 Å². The second-order valence-electron chi connectivity index (χ2n) is 8.07. The van der Waals surface area contributed by atoms with Gasteiger partial charge in [-0.15, -0.1) is 0 Å². The minimum atomic E-state index is -0.573. The van der Waals surface area contributed by atoms with Crippen molar-refractivity contribution in [3.05, 3.63) is 64.7 Å². The fraction of sp³-hybridized carbons (Fsp3) is 0.333. The summed E-state index contributed by atoms with van der Waals surface area (Å²) < 4.78 is 0. The Morgan fingerprint density at radius 1 is 1.09 bits per heavy atom. The maximum absolute atomic E-state index is 12.8. The van der Waals surface area contributed by atoms with Crippen LogP contribution >= 0.6 is 11.6 Å². The summed E-state index contributed by atoms with van der Waals surface area (Å²) in [5.74, 6) is -1.65. The van der Waals surface area contributed by atoms with Crippen molar-refractivity contribution in [2.45, 2.75) is 26.7 Å². The summed E-state index contributed by atoms with van der Waals surface area (Å²) in [5.41, 5.74) is 7.30. The highest BCUT2D eigenvalue weighted by Gasteiger charge is 2.24. The van der Waals surface area contributed by atoms with Gasteiger partial charge in [0.05, 0.1) is 17.9 Å². The zero-order chi connectivity index (χ0) is 23.8. The van der Waals surface area contributed by atoms with Crippen LogP contribution in [0.5, 0.6) is 0 Å². The van der Waals surface area contributed by atoms with E-state index in [9.17, 15) is 14.4 Å². The number of halogens is 1. The Hall–Kier alpha value is -3.19. The van der Waals surface area contributed by atoms with Crippen LogP contribution in [0.3, 0.4) is 0 Å². The van der Waals surface area contributed by atoms with Crippen LogP contribution in [-0.4, -0.2) is 37.0 Å². The van der Waals surface area contributed by atoms with Gasteiger partial charge in [-0.1, -0.05) is 55.8 Å². The van der Waals surface area contributed by atoms with Gasteiger partial charge in [-0.3, -0.25) is 19.8 Å². The van der Waals surface area contributed by atoms with Crippen LogP contribution in [0, 0.1) is 17.2 Å². The first-order valence-electron chi connectivity index (χ1n) is 10.4. The van der Waals surface area contributed by atoms with E-state index in [1.54, 1.807) is 55.6 Å². The number of carbonyl (C=O) groups excluding carboxylic acids is 3. The molecular weight excluding hydrogens is 428 g/mol. The molecule has 0 heterocycles. The molecule has 0 saturated carbocycles. The number of anilines is 1. The molecule has 32 heavy (non-hydrogen) atoms. The van der Waals surface area contributed by atoms with Crippen molar-refractivity contribution in [2.24, 2.45) is 17.6 Å². The van der Waals surface area contributed by atoms with Crippen molar-refractivity contribution >= 4 is 40.7 Å². The van der Waals surface area contributed by atoms with Crippen molar-refractivity contribution in [2.75, 3.05) is 18.5 Å². The van der Waals surface area contributed by atoms with E-state index in [1.165, 1.54) is 4.90 Å². The number of benzene rings is 2. The Bertz CT molecular complexity index is 989. The average Bonchev–Trinajstić information content (AvgIpc) is 2.75. The smallest absolute Gasteiger partial charge is 0.246 e. The number of nitrogens with zero attached hydrogens (tertiary/aromatic N) is 1. The Morgan fingerprint density at radius 3 is 2.31 bits per heavy atom. The van der Waals surface area contributed by atoms with Crippen molar-refractivity contribution in [1.29, 1.82) is 5.41 Å². The third-order valence-corrected chi connectivity index (χ3v) is 5.28.